The number of ether oxygens (including phenoxy) is 2. The molecule has 0 aromatic heterocycles. The smallest absolute Gasteiger partial charge is 0.183 e. The molecule has 26 heavy (non-hydrogen) atoms. The second kappa shape index (κ2) is 5.69. The van der Waals surface area contributed by atoms with Crippen LogP contribution in [0.25, 0.3) is 16.7 Å². The van der Waals surface area contributed by atoms with Crippen LogP contribution < -0.4 is 5.32 Å². The molecule has 2 N–H and O–H groups in total. The lowest BCUT2D eigenvalue weighted by Gasteiger charge is -2.38. The highest BCUT2D eigenvalue weighted by molar-refractivity contribution is 6.08. The summed E-state index contributed by atoms with van der Waals surface area (Å²) in [6.45, 7) is 2.51. The lowest BCUT2D eigenvalue weighted by atomic mass is 9.81. The van der Waals surface area contributed by atoms with Crippen LogP contribution in [0.3, 0.4) is 0 Å². The van der Waals surface area contributed by atoms with Gasteiger partial charge in [-0.3, -0.25) is 4.79 Å². The van der Waals surface area contributed by atoms with E-state index in [2.05, 4.69) is 11.4 Å². The monoisotopic (exact) mass is 349 g/mol. The molecular formula is C21H19NO4. The SMILES string of the molecule is CC1OC(C2CNC3=C2c2cc(-c4cccc(O)c4)ccc2CC3=O)O1. The number of hydrogen-bond acceptors (Lipinski definition) is 5. The fraction of sp³-hybridized carbons (Fsp3) is 0.286. The lowest BCUT2D eigenvalue weighted by molar-refractivity contribution is -0.385. The third-order valence-corrected chi connectivity index (χ3v) is 5.33. The van der Waals surface area contributed by atoms with E-state index in [-0.39, 0.29) is 30.0 Å². The minimum Gasteiger partial charge on any atom is -0.508 e. The van der Waals surface area contributed by atoms with Crippen LogP contribution in [0.4, 0.5) is 0 Å². The summed E-state index contributed by atoms with van der Waals surface area (Å²) in [5.41, 5.74) is 5.74. The van der Waals surface area contributed by atoms with Gasteiger partial charge in [0, 0.05) is 13.0 Å². The van der Waals surface area contributed by atoms with Crippen LogP contribution in [0.15, 0.2) is 48.2 Å². The zero-order valence-corrected chi connectivity index (χ0v) is 14.4. The van der Waals surface area contributed by atoms with Crippen molar-refractivity contribution in [2.24, 2.45) is 5.92 Å². The van der Waals surface area contributed by atoms with Crippen LogP contribution in [0.1, 0.15) is 18.1 Å². The number of aromatic hydroxyl groups is 1. The second-order valence-corrected chi connectivity index (χ2v) is 7.01. The first-order valence-electron chi connectivity index (χ1n) is 8.85. The highest BCUT2D eigenvalue weighted by Gasteiger charge is 2.44. The van der Waals surface area contributed by atoms with Gasteiger partial charge >= 0.3 is 0 Å². The van der Waals surface area contributed by atoms with E-state index in [0.717, 1.165) is 27.8 Å². The molecule has 0 radical (unpaired) electrons. The zero-order chi connectivity index (χ0) is 17.8. The van der Waals surface area contributed by atoms with Gasteiger partial charge in [0.05, 0.1) is 11.6 Å². The van der Waals surface area contributed by atoms with E-state index in [1.54, 1.807) is 12.1 Å². The maximum absolute atomic E-state index is 12.5. The molecule has 2 heterocycles. The summed E-state index contributed by atoms with van der Waals surface area (Å²) in [7, 11) is 0. The minimum atomic E-state index is -0.312. The second-order valence-electron chi connectivity index (χ2n) is 7.01. The van der Waals surface area contributed by atoms with Crippen molar-refractivity contribution in [3.8, 4) is 16.9 Å². The van der Waals surface area contributed by atoms with Crippen molar-refractivity contribution in [1.82, 2.24) is 5.32 Å². The summed E-state index contributed by atoms with van der Waals surface area (Å²) in [6.07, 6.45) is -0.105. The van der Waals surface area contributed by atoms with Gasteiger partial charge in [-0.25, -0.2) is 0 Å². The maximum Gasteiger partial charge on any atom is 0.183 e. The van der Waals surface area contributed by atoms with Crippen molar-refractivity contribution >= 4 is 11.4 Å². The van der Waals surface area contributed by atoms with Gasteiger partial charge in [-0.1, -0.05) is 24.3 Å². The first-order valence-corrected chi connectivity index (χ1v) is 8.85. The molecule has 1 fully saturated rings. The molecule has 2 aromatic rings. The van der Waals surface area contributed by atoms with Crippen LogP contribution in [0.2, 0.25) is 0 Å². The highest BCUT2D eigenvalue weighted by Crippen LogP contribution is 2.43. The molecule has 0 spiro atoms. The summed E-state index contributed by atoms with van der Waals surface area (Å²) < 4.78 is 11.4. The van der Waals surface area contributed by atoms with E-state index >= 15 is 0 Å². The van der Waals surface area contributed by atoms with Crippen LogP contribution in [0, 0.1) is 5.92 Å². The van der Waals surface area contributed by atoms with Crippen molar-refractivity contribution in [2.75, 3.05) is 6.54 Å². The molecule has 0 bridgehead atoms. The Hall–Kier alpha value is -2.63. The van der Waals surface area contributed by atoms with Gasteiger partial charge in [-0.15, -0.1) is 0 Å². The van der Waals surface area contributed by atoms with Gasteiger partial charge in [0.1, 0.15) is 5.75 Å². The van der Waals surface area contributed by atoms with E-state index in [1.165, 1.54) is 0 Å². The number of rotatable bonds is 2. The Morgan fingerprint density at radius 3 is 2.69 bits per heavy atom. The number of ketones is 1. The first-order chi connectivity index (χ1) is 12.6. The molecule has 0 saturated carbocycles. The Morgan fingerprint density at radius 1 is 1.12 bits per heavy atom. The van der Waals surface area contributed by atoms with Crippen molar-refractivity contribution in [3.05, 3.63) is 59.3 Å². The number of carbonyl (C=O) groups excluding carboxylic acids is 1. The predicted octanol–water partition coefficient (Wildman–Crippen LogP) is 2.83. The van der Waals surface area contributed by atoms with Crippen LogP contribution in [0.5, 0.6) is 5.75 Å². The Balaban J connectivity index is 1.60. The van der Waals surface area contributed by atoms with E-state index < -0.39 is 0 Å². The van der Waals surface area contributed by atoms with Gasteiger partial charge in [-0.2, -0.15) is 0 Å². The third-order valence-electron chi connectivity index (χ3n) is 5.33. The van der Waals surface area contributed by atoms with Crippen LogP contribution in [-0.4, -0.2) is 30.0 Å². The Kier molecular flexibility index (Phi) is 3.42. The van der Waals surface area contributed by atoms with Crippen molar-refractivity contribution in [3.63, 3.8) is 0 Å². The molecular weight excluding hydrogens is 330 g/mol. The fourth-order valence-electron chi connectivity index (χ4n) is 4.10. The van der Waals surface area contributed by atoms with Gasteiger partial charge in [0.15, 0.2) is 18.4 Å². The average molecular weight is 349 g/mol. The molecule has 2 aliphatic heterocycles. The van der Waals surface area contributed by atoms with Crippen molar-refractivity contribution in [2.45, 2.75) is 25.9 Å². The summed E-state index contributed by atoms with van der Waals surface area (Å²) in [6, 6.07) is 13.3. The Bertz CT molecular complexity index is 943. The number of phenolic OH excluding ortho intramolecular Hbond substituents is 1. The number of carbonyl (C=O) groups is 1. The number of nitrogens with one attached hydrogen (secondary N) is 1. The van der Waals surface area contributed by atoms with Gasteiger partial charge in [0.2, 0.25) is 0 Å². The highest BCUT2D eigenvalue weighted by atomic mass is 16.9. The quantitative estimate of drug-likeness (QED) is 0.873. The number of Topliss-reactive ketones (excluding diaryl/α,β-unsaturated/α-hetero) is 1. The first kappa shape index (κ1) is 15.6. The zero-order valence-electron chi connectivity index (χ0n) is 14.4. The Labute approximate surface area is 151 Å². The van der Waals surface area contributed by atoms with E-state index in [0.29, 0.717) is 18.7 Å². The molecule has 3 aliphatic rings. The van der Waals surface area contributed by atoms with Crippen LogP contribution in [-0.2, 0) is 20.7 Å². The molecule has 2 aromatic carbocycles. The standard InChI is InChI=1S/C21H19NO4/c1-11-25-21(26-11)17-10-22-20-18(24)9-14-6-5-13(8-16(14)19(17)20)12-3-2-4-15(23)7-12/h2-8,11,17,21-23H,9-10H2,1H3. The van der Waals surface area contributed by atoms with Gasteiger partial charge in [-0.05, 0) is 52.9 Å². The van der Waals surface area contributed by atoms with Crippen molar-refractivity contribution in [1.29, 1.82) is 0 Å². The van der Waals surface area contributed by atoms with Crippen molar-refractivity contribution < 1.29 is 19.4 Å². The summed E-state index contributed by atoms with van der Waals surface area (Å²) in [5.74, 6) is 0.358. The largest absolute Gasteiger partial charge is 0.508 e. The molecule has 1 aliphatic carbocycles. The molecule has 1 atom stereocenters. The maximum atomic E-state index is 12.5. The molecule has 1 unspecified atom stereocenters. The minimum absolute atomic E-state index is 0.00336. The van der Waals surface area contributed by atoms with Crippen LogP contribution >= 0.6 is 0 Å². The average Bonchev–Trinajstić information content (AvgIpc) is 3.04. The molecule has 132 valence electrons. The third kappa shape index (κ3) is 2.35. The number of benzene rings is 2. The molecule has 0 amide bonds. The van der Waals surface area contributed by atoms with Gasteiger partial charge < -0.3 is 19.9 Å². The molecule has 5 heteroatoms. The predicted molar refractivity (Wildman–Crippen MR) is 96.1 cm³/mol. The number of allylic oxidation sites excluding steroid dienone is 1. The topological polar surface area (TPSA) is 67.8 Å². The lowest BCUT2D eigenvalue weighted by Crippen LogP contribution is -2.45. The van der Waals surface area contributed by atoms with E-state index in [1.807, 2.05) is 31.2 Å². The Morgan fingerprint density at radius 2 is 1.92 bits per heavy atom. The van der Waals surface area contributed by atoms with Gasteiger partial charge in [0.25, 0.3) is 0 Å². The summed E-state index contributed by atoms with van der Waals surface area (Å²) in [5, 5.41) is 13.0. The number of hydrogen-bond donors (Lipinski definition) is 2. The molecule has 5 rings (SSSR count). The fourth-order valence-corrected chi connectivity index (χ4v) is 4.10. The number of fused-ring (bicyclic) bond motifs is 2. The molecule has 1 saturated heterocycles. The summed E-state index contributed by atoms with van der Waals surface area (Å²) >= 11 is 0. The normalized spacial score (nSPS) is 26.8. The summed E-state index contributed by atoms with van der Waals surface area (Å²) in [4.78, 5) is 12.5. The molecule has 5 nitrogen and oxygen atoms in total. The van der Waals surface area contributed by atoms with E-state index in [4.69, 9.17) is 9.47 Å². The van der Waals surface area contributed by atoms with E-state index in [9.17, 15) is 9.90 Å². The number of phenols is 1.